The van der Waals surface area contributed by atoms with Crippen LogP contribution in [0.4, 0.5) is 4.79 Å². The molecule has 1 aromatic carbocycles. The monoisotopic (exact) mass is 328 g/mol. The van der Waals surface area contributed by atoms with Crippen LogP contribution in [0.3, 0.4) is 0 Å². The highest BCUT2D eigenvalue weighted by Crippen LogP contribution is 2.27. The minimum atomic E-state index is -0.492. The lowest BCUT2D eigenvalue weighted by molar-refractivity contribution is -0.123. The van der Waals surface area contributed by atoms with Gasteiger partial charge in [0.25, 0.3) is 5.24 Å². The number of methoxy groups -OCH3 is 1. The van der Waals surface area contributed by atoms with Gasteiger partial charge in [0.05, 0.1) is 6.04 Å². The summed E-state index contributed by atoms with van der Waals surface area (Å²) in [5.74, 6) is 0.233. The molecule has 0 aliphatic carbocycles. The van der Waals surface area contributed by atoms with Crippen LogP contribution in [-0.2, 0) is 9.53 Å². The van der Waals surface area contributed by atoms with Gasteiger partial charge in [0.2, 0.25) is 5.91 Å². The molecule has 7 heteroatoms. The summed E-state index contributed by atoms with van der Waals surface area (Å²) in [6, 6.07) is 6.60. The summed E-state index contributed by atoms with van der Waals surface area (Å²) in [6.07, 6.45) is -0.354. The van der Waals surface area contributed by atoms with E-state index in [0.717, 1.165) is 17.3 Å². The first-order valence-electron chi connectivity index (χ1n) is 6.53. The number of hydrogen-bond acceptors (Lipinski definition) is 4. The Hall–Kier alpha value is -1.24. The van der Waals surface area contributed by atoms with Crippen molar-refractivity contribution in [1.82, 2.24) is 10.6 Å². The van der Waals surface area contributed by atoms with Gasteiger partial charge in [-0.2, -0.15) is 0 Å². The maximum Gasteiger partial charge on any atom is 0.279 e. The van der Waals surface area contributed by atoms with Gasteiger partial charge < -0.3 is 15.4 Å². The lowest BCUT2D eigenvalue weighted by Crippen LogP contribution is -2.48. The van der Waals surface area contributed by atoms with Crippen molar-refractivity contribution in [3.8, 4) is 0 Å². The molecule has 0 bridgehead atoms. The van der Waals surface area contributed by atoms with E-state index in [0.29, 0.717) is 10.8 Å². The van der Waals surface area contributed by atoms with Crippen LogP contribution in [0.1, 0.15) is 18.6 Å². The molecule has 2 rings (SSSR count). The van der Waals surface area contributed by atoms with E-state index in [4.69, 9.17) is 16.3 Å². The van der Waals surface area contributed by atoms with E-state index in [-0.39, 0.29) is 23.3 Å². The molecular weight excluding hydrogens is 312 g/mol. The Balaban J connectivity index is 2.03. The standard InChI is InChI=1S/C14H17ClN2O3S/c1-8(16-13(18)11-7-21-14(19)17-11)12(20-2)9-5-3-4-6-10(9)15/h3-6,8,11-12H,7H2,1-2H3,(H,16,18)(H,17,19)/t8-,11+,12+/m1/s1. The average Bonchev–Trinajstić information content (AvgIpc) is 2.88. The summed E-state index contributed by atoms with van der Waals surface area (Å²) in [4.78, 5) is 23.2. The van der Waals surface area contributed by atoms with Crippen LogP contribution >= 0.6 is 23.4 Å². The lowest BCUT2D eigenvalue weighted by atomic mass is 10.0. The number of carbonyl (C=O) groups excluding carboxylic acids is 2. The second-order valence-corrected chi connectivity index (χ2v) is 6.17. The highest BCUT2D eigenvalue weighted by molar-refractivity contribution is 8.14. The number of rotatable bonds is 5. The maximum atomic E-state index is 12.1. The topological polar surface area (TPSA) is 67.4 Å². The Bertz CT molecular complexity index is 541. The van der Waals surface area contributed by atoms with Gasteiger partial charge in [-0.15, -0.1) is 0 Å². The molecule has 2 N–H and O–H groups in total. The number of halogens is 1. The number of thioether (sulfide) groups is 1. The van der Waals surface area contributed by atoms with Gasteiger partial charge in [-0.3, -0.25) is 9.59 Å². The summed E-state index contributed by atoms with van der Waals surface area (Å²) in [5.41, 5.74) is 0.819. The molecule has 21 heavy (non-hydrogen) atoms. The van der Waals surface area contributed by atoms with Crippen LogP contribution < -0.4 is 10.6 Å². The van der Waals surface area contributed by atoms with E-state index in [1.807, 2.05) is 25.1 Å². The molecule has 1 saturated heterocycles. The first-order valence-corrected chi connectivity index (χ1v) is 7.90. The van der Waals surface area contributed by atoms with Crippen LogP contribution in [-0.4, -0.2) is 36.1 Å². The van der Waals surface area contributed by atoms with E-state index >= 15 is 0 Å². The van der Waals surface area contributed by atoms with Crippen LogP contribution in [0, 0.1) is 0 Å². The highest BCUT2D eigenvalue weighted by Gasteiger charge is 2.30. The van der Waals surface area contributed by atoms with Gasteiger partial charge in [-0.1, -0.05) is 41.6 Å². The molecule has 3 atom stereocenters. The van der Waals surface area contributed by atoms with Crippen molar-refractivity contribution < 1.29 is 14.3 Å². The third kappa shape index (κ3) is 3.90. The fourth-order valence-corrected chi connectivity index (χ4v) is 3.25. The third-order valence-electron chi connectivity index (χ3n) is 3.28. The predicted molar refractivity (Wildman–Crippen MR) is 83.6 cm³/mol. The van der Waals surface area contributed by atoms with E-state index < -0.39 is 6.04 Å². The lowest BCUT2D eigenvalue weighted by Gasteiger charge is -2.26. The Kier molecular flexibility index (Phi) is 5.50. The molecule has 1 aliphatic rings. The van der Waals surface area contributed by atoms with Crippen molar-refractivity contribution in [2.24, 2.45) is 0 Å². The van der Waals surface area contributed by atoms with Crippen LogP contribution in [0.15, 0.2) is 24.3 Å². The van der Waals surface area contributed by atoms with Crippen molar-refractivity contribution in [3.05, 3.63) is 34.9 Å². The normalized spacial score (nSPS) is 20.7. The second kappa shape index (κ2) is 7.15. The van der Waals surface area contributed by atoms with Gasteiger partial charge in [0.1, 0.15) is 12.1 Å². The van der Waals surface area contributed by atoms with E-state index in [9.17, 15) is 9.59 Å². The first-order chi connectivity index (χ1) is 10.0. The van der Waals surface area contributed by atoms with Crippen molar-refractivity contribution >= 4 is 34.5 Å². The number of ether oxygens (including phenoxy) is 1. The summed E-state index contributed by atoms with van der Waals surface area (Å²) < 4.78 is 5.47. The Morgan fingerprint density at radius 2 is 2.24 bits per heavy atom. The van der Waals surface area contributed by atoms with Crippen molar-refractivity contribution in [1.29, 1.82) is 0 Å². The predicted octanol–water partition coefficient (Wildman–Crippen LogP) is 2.36. The fourth-order valence-electron chi connectivity index (χ4n) is 2.23. The number of hydrogen-bond donors (Lipinski definition) is 2. The third-order valence-corrected chi connectivity index (χ3v) is 4.50. The average molecular weight is 329 g/mol. The molecule has 2 amide bonds. The SMILES string of the molecule is CO[C@H](c1ccccc1Cl)[C@@H](C)NC(=O)[C@@H]1CSC(=O)N1. The summed E-state index contributed by atoms with van der Waals surface area (Å²) >= 11 is 7.28. The zero-order valence-corrected chi connectivity index (χ0v) is 13.3. The molecule has 5 nitrogen and oxygen atoms in total. The Morgan fingerprint density at radius 1 is 1.52 bits per heavy atom. The van der Waals surface area contributed by atoms with Crippen LogP contribution in [0.2, 0.25) is 5.02 Å². The minimum absolute atomic E-state index is 0.169. The molecule has 0 aromatic heterocycles. The van der Waals surface area contributed by atoms with Gasteiger partial charge >= 0.3 is 0 Å². The summed E-state index contributed by atoms with van der Waals surface area (Å²) in [5, 5.41) is 5.90. The quantitative estimate of drug-likeness (QED) is 0.870. The van der Waals surface area contributed by atoms with E-state index in [1.165, 1.54) is 0 Å². The van der Waals surface area contributed by atoms with E-state index in [1.54, 1.807) is 13.2 Å². The fraction of sp³-hybridized carbons (Fsp3) is 0.429. The van der Waals surface area contributed by atoms with Crippen LogP contribution in [0.5, 0.6) is 0 Å². The molecule has 1 aromatic rings. The molecule has 114 valence electrons. The molecule has 0 unspecified atom stereocenters. The molecule has 1 aliphatic heterocycles. The highest BCUT2D eigenvalue weighted by atomic mass is 35.5. The summed E-state index contributed by atoms with van der Waals surface area (Å²) in [7, 11) is 1.57. The molecule has 0 radical (unpaired) electrons. The minimum Gasteiger partial charge on any atom is -0.375 e. The molecule has 0 spiro atoms. The molecule has 0 saturated carbocycles. The summed E-state index contributed by atoms with van der Waals surface area (Å²) in [6.45, 7) is 1.85. The Morgan fingerprint density at radius 3 is 2.81 bits per heavy atom. The molecular formula is C14H17ClN2O3S. The smallest absolute Gasteiger partial charge is 0.279 e. The first kappa shape index (κ1) is 16.1. The van der Waals surface area contributed by atoms with Gasteiger partial charge in [-0.25, -0.2) is 0 Å². The molecule has 1 fully saturated rings. The van der Waals surface area contributed by atoms with Crippen molar-refractivity contribution in [3.63, 3.8) is 0 Å². The second-order valence-electron chi connectivity index (χ2n) is 4.77. The number of benzene rings is 1. The zero-order valence-electron chi connectivity index (χ0n) is 11.8. The zero-order chi connectivity index (χ0) is 15.4. The van der Waals surface area contributed by atoms with Crippen LogP contribution in [0.25, 0.3) is 0 Å². The molecule has 1 heterocycles. The number of nitrogens with one attached hydrogen (secondary N) is 2. The van der Waals surface area contributed by atoms with Crippen molar-refractivity contribution in [2.45, 2.75) is 25.1 Å². The van der Waals surface area contributed by atoms with Gasteiger partial charge in [0, 0.05) is 23.4 Å². The van der Waals surface area contributed by atoms with Gasteiger partial charge in [-0.05, 0) is 13.0 Å². The number of carbonyl (C=O) groups is 2. The van der Waals surface area contributed by atoms with E-state index in [2.05, 4.69) is 10.6 Å². The number of amides is 2. The Labute approximate surface area is 132 Å². The maximum absolute atomic E-state index is 12.1. The largest absolute Gasteiger partial charge is 0.375 e. The van der Waals surface area contributed by atoms with Gasteiger partial charge in [0.15, 0.2) is 0 Å². The van der Waals surface area contributed by atoms with Crippen molar-refractivity contribution in [2.75, 3.05) is 12.9 Å².